The normalized spacial score (nSPS) is 10.6. The highest BCUT2D eigenvalue weighted by Gasteiger charge is 2.20. The molecular weight excluding hydrogens is 222 g/mol. The van der Waals surface area contributed by atoms with Crippen molar-refractivity contribution in [1.82, 2.24) is 4.98 Å². The summed E-state index contributed by atoms with van der Waals surface area (Å²) >= 11 is 5.23. The lowest BCUT2D eigenvalue weighted by Gasteiger charge is -1.99. The van der Waals surface area contributed by atoms with Crippen molar-refractivity contribution in [2.75, 3.05) is 0 Å². The first-order valence-corrected chi connectivity index (χ1v) is 3.66. The van der Waals surface area contributed by atoms with Gasteiger partial charge in [0.1, 0.15) is 0 Å². The molecule has 76 valence electrons. The fourth-order valence-electron chi connectivity index (χ4n) is 0.799. The molecule has 0 amide bonds. The Morgan fingerprint density at radius 1 is 1.57 bits per heavy atom. The van der Waals surface area contributed by atoms with Crippen molar-refractivity contribution in [2.24, 2.45) is 0 Å². The van der Waals surface area contributed by atoms with Crippen LogP contribution in [-0.2, 0) is 0 Å². The molecule has 14 heavy (non-hydrogen) atoms. The van der Waals surface area contributed by atoms with E-state index >= 15 is 0 Å². The highest BCUT2D eigenvalue weighted by Crippen LogP contribution is 2.24. The first-order chi connectivity index (χ1) is 6.43. The molecular formula is C6H3ClF2N2O3. The summed E-state index contributed by atoms with van der Waals surface area (Å²) < 4.78 is 24.2. The zero-order valence-electron chi connectivity index (χ0n) is 6.46. The van der Waals surface area contributed by atoms with E-state index < -0.39 is 33.3 Å². The Balaban J connectivity index is 3.43. The number of hydrogen-bond donors (Lipinski definition) is 1. The third-order valence-corrected chi connectivity index (χ3v) is 1.77. The minimum absolute atomic E-state index is 0.536. The second-order valence-corrected chi connectivity index (χ2v) is 2.69. The van der Waals surface area contributed by atoms with E-state index in [4.69, 9.17) is 11.6 Å². The smallest absolute Gasteiger partial charge is 0.295 e. The quantitative estimate of drug-likeness (QED) is 0.615. The van der Waals surface area contributed by atoms with Gasteiger partial charge in [-0.15, -0.1) is 0 Å². The summed E-state index contributed by atoms with van der Waals surface area (Å²) in [4.78, 5) is 21.8. The summed E-state index contributed by atoms with van der Waals surface area (Å²) in [6.07, 6.45) is -2.99. The molecule has 5 nitrogen and oxygen atoms in total. The van der Waals surface area contributed by atoms with E-state index in [1.165, 1.54) is 0 Å². The van der Waals surface area contributed by atoms with E-state index in [1.807, 2.05) is 0 Å². The van der Waals surface area contributed by atoms with Gasteiger partial charge in [0.05, 0.1) is 10.6 Å². The fraction of sp³-hybridized carbons (Fsp3) is 0.167. The van der Waals surface area contributed by atoms with Crippen LogP contribution in [-0.4, -0.2) is 9.91 Å². The SMILES string of the molecule is O=c1[nH]c(C(F)F)cc([N+](=O)[O-])c1Cl. The lowest BCUT2D eigenvalue weighted by atomic mass is 10.3. The monoisotopic (exact) mass is 224 g/mol. The number of alkyl halides is 2. The van der Waals surface area contributed by atoms with Crippen molar-refractivity contribution in [1.29, 1.82) is 0 Å². The number of nitro groups is 1. The molecule has 0 bridgehead atoms. The molecule has 0 aliphatic carbocycles. The average molecular weight is 225 g/mol. The molecule has 0 radical (unpaired) electrons. The predicted octanol–water partition coefficient (Wildman–Crippen LogP) is 1.87. The summed E-state index contributed by atoms with van der Waals surface area (Å²) in [6.45, 7) is 0. The third-order valence-electron chi connectivity index (χ3n) is 1.41. The van der Waals surface area contributed by atoms with Crippen molar-refractivity contribution in [3.8, 4) is 0 Å². The van der Waals surface area contributed by atoms with Gasteiger partial charge in [0.2, 0.25) is 0 Å². The molecule has 1 aromatic rings. The zero-order chi connectivity index (χ0) is 10.9. The third kappa shape index (κ3) is 1.87. The van der Waals surface area contributed by atoms with E-state index in [0.717, 1.165) is 0 Å². The molecule has 0 fully saturated rings. The van der Waals surface area contributed by atoms with E-state index in [0.29, 0.717) is 6.07 Å². The Labute approximate surface area is 80.5 Å². The van der Waals surface area contributed by atoms with Crippen LogP contribution in [0.4, 0.5) is 14.5 Å². The lowest BCUT2D eigenvalue weighted by molar-refractivity contribution is -0.385. The number of rotatable bonds is 2. The minimum atomic E-state index is -2.99. The number of nitrogens with one attached hydrogen (secondary N) is 1. The van der Waals surface area contributed by atoms with Crippen molar-refractivity contribution in [3.63, 3.8) is 0 Å². The lowest BCUT2D eigenvalue weighted by Crippen LogP contribution is -2.12. The number of aromatic amines is 1. The van der Waals surface area contributed by atoms with E-state index in [9.17, 15) is 23.7 Å². The van der Waals surface area contributed by atoms with Crippen LogP contribution in [0.25, 0.3) is 0 Å². The molecule has 0 saturated heterocycles. The number of aromatic nitrogens is 1. The van der Waals surface area contributed by atoms with Crippen LogP contribution < -0.4 is 5.56 Å². The predicted molar refractivity (Wildman–Crippen MR) is 43.7 cm³/mol. The summed E-state index contributed by atoms with van der Waals surface area (Å²) in [5, 5.41) is 9.56. The van der Waals surface area contributed by atoms with Gasteiger partial charge in [-0.2, -0.15) is 0 Å². The second kappa shape index (κ2) is 3.70. The summed E-state index contributed by atoms with van der Waals surface area (Å²) in [7, 11) is 0. The van der Waals surface area contributed by atoms with Crippen LogP contribution in [0.1, 0.15) is 12.1 Å². The first-order valence-electron chi connectivity index (χ1n) is 3.28. The number of H-pyrrole nitrogens is 1. The van der Waals surface area contributed by atoms with Gasteiger partial charge in [0.15, 0.2) is 5.02 Å². The van der Waals surface area contributed by atoms with Gasteiger partial charge >= 0.3 is 0 Å². The maximum atomic E-state index is 12.1. The van der Waals surface area contributed by atoms with Gasteiger partial charge in [-0.25, -0.2) is 8.78 Å². The molecule has 0 aromatic carbocycles. The molecule has 1 heterocycles. The maximum absolute atomic E-state index is 12.1. The van der Waals surface area contributed by atoms with Gasteiger partial charge in [0.25, 0.3) is 17.7 Å². The fourth-order valence-corrected chi connectivity index (χ4v) is 0.970. The Hall–Kier alpha value is -1.50. The Morgan fingerprint density at radius 3 is 2.57 bits per heavy atom. The maximum Gasteiger partial charge on any atom is 0.295 e. The Kier molecular flexibility index (Phi) is 2.80. The summed E-state index contributed by atoms with van der Waals surface area (Å²) in [5.41, 5.74) is -2.76. The van der Waals surface area contributed by atoms with E-state index in [-0.39, 0.29) is 0 Å². The van der Waals surface area contributed by atoms with E-state index in [2.05, 4.69) is 0 Å². The molecule has 0 atom stereocenters. The molecule has 0 aliphatic rings. The molecule has 1 aromatic heterocycles. The van der Waals surface area contributed by atoms with Crippen LogP contribution in [0.2, 0.25) is 5.02 Å². The number of halogens is 3. The molecule has 0 saturated carbocycles. The minimum Gasteiger partial charge on any atom is -0.319 e. The van der Waals surface area contributed by atoms with E-state index in [1.54, 1.807) is 4.98 Å². The average Bonchev–Trinajstić information content (AvgIpc) is 2.08. The number of hydrogen-bond acceptors (Lipinski definition) is 3. The van der Waals surface area contributed by atoms with Crippen LogP contribution >= 0.6 is 11.6 Å². The van der Waals surface area contributed by atoms with Crippen molar-refractivity contribution in [2.45, 2.75) is 6.43 Å². The van der Waals surface area contributed by atoms with Gasteiger partial charge < -0.3 is 4.98 Å². The van der Waals surface area contributed by atoms with Crippen LogP contribution in [0.15, 0.2) is 10.9 Å². The Bertz CT molecular complexity index is 432. The second-order valence-electron chi connectivity index (χ2n) is 2.31. The van der Waals surface area contributed by atoms with Crippen LogP contribution in [0, 0.1) is 10.1 Å². The van der Waals surface area contributed by atoms with Gasteiger partial charge in [-0.1, -0.05) is 11.6 Å². The molecule has 0 unspecified atom stereocenters. The highest BCUT2D eigenvalue weighted by atomic mass is 35.5. The van der Waals surface area contributed by atoms with Gasteiger partial charge in [-0.05, 0) is 0 Å². The van der Waals surface area contributed by atoms with Gasteiger partial charge in [-0.3, -0.25) is 14.9 Å². The number of pyridine rings is 1. The summed E-state index contributed by atoms with van der Waals surface area (Å²) in [5.74, 6) is 0. The number of nitrogens with zero attached hydrogens (tertiary/aromatic N) is 1. The summed E-state index contributed by atoms with van der Waals surface area (Å²) in [6, 6.07) is 0.536. The van der Waals surface area contributed by atoms with Gasteiger partial charge in [0, 0.05) is 6.07 Å². The van der Waals surface area contributed by atoms with Crippen molar-refractivity contribution < 1.29 is 13.7 Å². The molecule has 8 heteroatoms. The highest BCUT2D eigenvalue weighted by molar-refractivity contribution is 6.32. The Morgan fingerprint density at radius 2 is 2.14 bits per heavy atom. The van der Waals surface area contributed by atoms with Crippen LogP contribution in [0.3, 0.4) is 0 Å². The van der Waals surface area contributed by atoms with Crippen molar-refractivity contribution in [3.05, 3.63) is 37.3 Å². The zero-order valence-corrected chi connectivity index (χ0v) is 7.22. The topological polar surface area (TPSA) is 76.0 Å². The molecule has 0 aliphatic heterocycles. The molecule has 1 N–H and O–H groups in total. The first kappa shape index (κ1) is 10.6. The standard InChI is InChI=1S/C6H3ClF2N2O3/c7-4-3(11(13)14)1-2(5(8)9)10-6(4)12/h1,5H,(H,10,12). The molecule has 0 spiro atoms. The van der Waals surface area contributed by atoms with Crippen molar-refractivity contribution >= 4 is 17.3 Å². The largest absolute Gasteiger partial charge is 0.319 e. The molecule has 1 rings (SSSR count). The van der Waals surface area contributed by atoms with Crippen LogP contribution in [0.5, 0.6) is 0 Å².